The molecule has 7 nitrogen and oxygen atoms in total. The molecule has 0 saturated carbocycles. The molecule has 4 rings (SSSR count). The quantitative estimate of drug-likeness (QED) is 0.180. The van der Waals surface area contributed by atoms with Gasteiger partial charge >= 0.3 is 5.97 Å². The van der Waals surface area contributed by atoms with Crippen molar-refractivity contribution in [1.82, 2.24) is 0 Å². The highest BCUT2D eigenvalue weighted by molar-refractivity contribution is 6.51. The Morgan fingerprint density at radius 1 is 1.00 bits per heavy atom. The normalized spacial score (nSPS) is 16.8. The van der Waals surface area contributed by atoms with Gasteiger partial charge in [-0.15, -0.1) is 0 Å². The molecule has 3 aromatic rings. The monoisotopic (exact) mass is 519 g/mol. The van der Waals surface area contributed by atoms with Crippen LogP contribution in [0.25, 0.3) is 5.76 Å². The molecule has 1 saturated heterocycles. The number of aliphatic hydroxyl groups excluding tert-OH is 1. The first-order chi connectivity index (χ1) is 17.7. The van der Waals surface area contributed by atoms with E-state index in [1.54, 1.807) is 69.3 Å². The van der Waals surface area contributed by atoms with Gasteiger partial charge in [0.2, 0.25) is 0 Å². The topological polar surface area (TPSA) is 93.1 Å². The maximum Gasteiger partial charge on any atom is 0.338 e. The summed E-state index contributed by atoms with van der Waals surface area (Å²) in [5.41, 5.74) is 1.56. The molecule has 3 aromatic carbocycles. The number of ketones is 1. The van der Waals surface area contributed by atoms with Crippen LogP contribution in [0.1, 0.15) is 48.3 Å². The van der Waals surface area contributed by atoms with E-state index in [1.807, 2.05) is 6.07 Å². The van der Waals surface area contributed by atoms with Crippen molar-refractivity contribution in [3.05, 3.63) is 100 Å². The molecule has 1 aliphatic heterocycles. The summed E-state index contributed by atoms with van der Waals surface area (Å²) in [4.78, 5) is 40.2. The number of rotatable bonds is 7. The Kier molecular flexibility index (Phi) is 7.64. The van der Waals surface area contributed by atoms with Crippen molar-refractivity contribution in [2.24, 2.45) is 0 Å². The van der Waals surface area contributed by atoms with Gasteiger partial charge < -0.3 is 14.6 Å². The number of benzene rings is 3. The van der Waals surface area contributed by atoms with E-state index in [2.05, 4.69) is 0 Å². The van der Waals surface area contributed by atoms with E-state index in [0.29, 0.717) is 39.8 Å². The van der Waals surface area contributed by atoms with Crippen LogP contribution in [0.3, 0.4) is 0 Å². The average molecular weight is 520 g/mol. The molecule has 1 N–H and O–H groups in total. The van der Waals surface area contributed by atoms with Crippen molar-refractivity contribution in [3.63, 3.8) is 0 Å². The van der Waals surface area contributed by atoms with E-state index in [0.717, 1.165) is 0 Å². The molecule has 1 amide bonds. The summed E-state index contributed by atoms with van der Waals surface area (Å²) in [5, 5.41) is 11.7. The Morgan fingerprint density at radius 3 is 2.27 bits per heavy atom. The Balaban J connectivity index is 1.83. The number of carbonyl (C=O) groups excluding carboxylic acids is 3. The maximum absolute atomic E-state index is 13.3. The Labute approximate surface area is 219 Å². The van der Waals surface area contributed by atoms with Crippen molar-refractivity contribution < 1.29 is 29.0 Å². The molecule has 1 unspecified atom stereocenters. The number of Topliss-reactive ketones (excluding diaryl/α,β-unsaturated/α-hetero) is 1. The highest BCUT2D eigenvalue weighted by atomic mass is 35.5. The minimum atomic E-state index is -0.902. The number of halogens is 1. The van der Waals surface area contributed by atoms with Gasteiger partial charge in [0.25, 0.3) is 11.7 Å². The van der Waals surface area contributed by atoms with Gasteiger partial charge in [0, 0.05) is 11.3 Å². The minimum Gasteiger partial charge on any atom is -0.507 e. The molecular weight excluding hydrogens is 494 g/mol. The number of nitrogens with zero attached hydrogens (tertiary/aromatic N) is 1. The molecule has 0 radical (unpaired) electrons. The molecule has 37 heavy (non-hydrogen) atoms. The van der Waals surface area contributed by atoms with Crippen molar-refractivity contribution in [1.29, 1.82) is 0 Å². The van der Waals surface area contributed by atoms with Crippen molar-refractivity contribution in [3.8, 4) is 5.75 Å². The van der Waals surface area contributed by atoms with E-state index in [-0.39, 0.29) is 17.4 Å². The van der Waals surface area contributed by atoms with E-state index in [1.165, 1.54) is 23.1 Å². The maximum atomic E-state index is 13.3. The van der Waals surface area contributed by atoms with Crippen LogP contribution in [0.5, 0.6) is 5.75 Å². The van der Waals surface area contributed by atoms with Crippen LogP contribution in [-0.4, -0.2) is 35.5 Å². The van der Waals surface area contributed by atoms with Gasteiger partial charge in [-0.3, -0.25) is 14.5 Å². The summed E-state index contributed by atoms with van der Waals surface area (Å²) < 4.78 is 10.8. The summed E-state index contributed by atoms with van der Waals surface area (Å²) >= 11 is 6.20. The van der Waals surface area contributed by atoms with Gasteiger partial charge in [0.05, 0.1) is 34.9 Å². The number of carbonyl (C=O) groups is 3. The molecule has 1 fully saturated rings. The van der Waals surface area contributed by atoms with Crippen molar-refractivity contribution in [2.75, 3.05) is 11.5 Å². The minimum absolute atomic E-state index is 0.0655. The van der Waals surface area contributed by atoms with Gasteiger partial charge in [0.15, 0.2) is 0 Å². The zero-order chi connectivity index (χ0) is 26.7. The summed E-state index contributed by atoms with van der Waals surface area (Å²) in [6.45, 7) is 5.67. The molecule has 0 spiro atoms. The molecule has 1 heterocycles. The van der Waals surface area contributed by atoms with Gasteiger partial charge in [-0.05, 0) is 68.8 Å². The van der Waals surface area contributed by atoms with Gasteiger partial charge in [0.1, 0.15) is 11.5 Å². The molecule has 8 heteroatoms. The lowest BCUT2D eigenvalue weighted by atomic mass is 9.95. The number of anilines is 1. The predicted octanol–water partition coefficient (Wildman–Crippen LogP) is 5.93. The number of ether oxygens (including phenoxy) is 2. The Hall–Kier alpha value is -4.10. The van der Waals surface area contributed by atoms with Crippen LogP contribution >= 0.6 is 11.6 Å². The molecule has 190 valence electrons. The molecular formula is C29H26ClNO6. The number of esters is 1. The highest BCUT2D eigenvalue weighted by Gasteiger charge is 2.47. The van der Waals surface area contributed by atoms with Crippen LogP contribution in [0.4, 0.5) is 5.69 Å². The summed E-state index contributed by atoms with van der Waals surface area (Å²) in [5.74, 6) is -2.11. The van der Waals surface area contributed by atoms with Crippen LogP contribution in [-0.2, 0) is 14.3 Å². The SMILES string of the molecule is CCOc1cc(/C(O)=C2/C(=O)C(=O)N(c3ccc(C(=O)OC(C)C)cc3)C2c2ccccc2)ccc1Cl. The Bertz CT molecular complexity index is 1360. The van der Waals surface area contributed by atoms with Crippen molar-refractivity contribution in [2.45, 2.75) is 32.9 Å². The fourth-order valence-electron chi connectivity index (χ4n) is 4.16. The molecule has 1 atom stereocenters. The third-order valence-corrected chi connectivity index (χ3v) is 6.10. The predicted molar refractivity (Wildman–Crippen MR) is 141 cm³/mol. The zero-order valence-corrected chi connectivity index (χ0v) is 21.4. The van der Waals surface area contributed by atoms with Crippen molar-refractivity contribution >= 4 is 40.7 Å². The largest absolute Gasteiger partial charge is 0.507 e. The Morgan fingerprint density at radius 2 is 1.65 bits per heavy atom. The first-order valence-corrected chi connectivity index (χ1v) is 12.2. The van der Waals surface area contributed by atoms with Crippen LogP contribution in [0.2, 0.25) is 5.02 Å². The van der Waals surface area contributed by atoms with Crippen LogP contribution < -0.4 is 9.64 Å². The molecule has 0 bridgehead atoms. The fraction of sp³-hybridized carbons (Fsp3) is 0.207. The lowest BCUT2D eigenvalue weighted by molar-refractivity contribution is -0.132. The second kappa shape index (κ2) is 10.9. The van der Waals surface area contributed by atoms with E-state index in [9.17, 15) is 19.5 Å². The highest BCUT2D eigenvalue weighted by Crippen LogP contribution is 2.42. The number of hydrogen-bond donors (Lipinski definition) is 1. The molecule has 0 aromatic heterocycles. The third-order valence-electron chi connectivity index (χ3n) is 5.79. The lowest BCUT2D eigenvalue weighted by Gasteiger charge is -2.25. The zero-order valence-electron chi connectivity index (χ0n) is 20.6. The first kappa shape index (κ1) is 26.0. The standard InChI is InChI=1S/C29H26ClNO6/c1-4-36-23-16-20(12-15-22(23)30)26(32)24-25(18-8-6-5-7-9-18)31(28(34)27(24)33)21-13-10-19(11-14-21)29(35)37-17(2)3/h5-17,25,32H,4H2,1-3H3/b26-24-. The van der Waals surface area contributed by atoms with E-state index >= 15 is 0 Å². The van der Waals surface area contributed by atoms with Gasteiger partial charge in [-0.2, -0.15) is 0 Å². The van der Waals surface area contributed by atoms with Gasteiger partial charge in [-0.1, -0.05) is 41.9 Å². The lowest BCUT2D eigenvalue weighted by Crippen LogP contribution is -2.29. The summed E-state index contributed by atoms with van der Waals surface area (Å²) in [7, 11) is 0. The van der Waals surface area contributed by atoms with E-state index in [4.69, 9.17) is 21.1 Å². The number of hydrogen-bond acceptors (Lipinski definition) is 6. The average Bonchev–Trinajstić information content (AvgIpc) is 3.15. The first-order valence-electron chi connectivity index (χ1n) is 11.8. The molecule has 1 aliphatic rings. The second-order valence-corrected chi connectivity index (χ2v) is 9.07. The summed E-state index contributed by atoms with van der Waals surface area (Å²) in [6, 6.07) is 18.9. The summed E-state index contributed by atoms with van der Waals surface area (Å²) in [6.07, 6.45) is -0.279. The van der Waals surface area contributed by atoms with Crippen LogP contribution in [0, 0.1) is 0 Å². The third kappa shape index (κ3) is 5.22. The fourth-order valence-corrected chi connectivity index (χ4v) is 4.33. The number of amides is 1. The smallest absolute Gasteiger partial charge is 0.338 e. The number of aliphatic hydroxyl groups is 1. The van der Waals surface area contributed by atoms with E-state index < -0.39 is 23.7 Å². The second-order valence-electron chi connectivity index (χ2n) is 8.66. The molecule has 0 aliphatic carbocycles. The van der Waals surface area contributed by atoms with Gasteiger partial charge in [-0.25, -0.2) is 4.79 Å². The van der Waals surface area contributed by atoms with Crippen LogP contribution in [0.15, 0.2) is 78.4 Å².